The largest absolute Gasteiger partial charge is 0.398 e. The van der Waals surface area contributed by atoms with Crippen molar-refractivity contribution < 1.29 is 4.79 Å². The lowest BCUT2D eigenvalue weighted by atomic mass is 10.1. The molecular weight excluding hydrogens is 318 g/mol. The van der Waals surface area contributed by atoms with Crippen molar-refractivity contribution in [3.63, 3.8) is 0 Å². The van der Waals surface area contributed by atoms with Gasteiger partial charge in [-0.3, -0.25) is 9.69 Å². The summed E-state index contributed by atoms with van der Waals surface area (Å²) in [5.41, 5.74) is 7.16. The van der Waals surface area contributed by atoms with Crippen LogP contribution in [0.15, 0.2) is 22.7 Å². The van der Waals surface area contributed by atoms with Gasteiger partial charge in [-0.15, -0.1) is 0 Å². The van der Waals surface area contributed by atoms with Crippen molar-refractivity contribution in [2.75, 3.05) is 25.9 Å². The lowest BCUT2D eigenvalue weighted by Crippen LogP contribution is -2.39. The molecule has 0 aromatic heterocycles. The molecule has 2 saturated heterocycles. The second-order valence-corrected chi connectivity index (χ2v) is 6.68. The number of nitrogens with two attached hydrogens (primary N) is 1. The van der Waals surface area contributed by atoms with Crippen LogP contribution in [0.2, 0.25) is 0 Å². The van der Waals surface area contributed by atoms with Crippen LogP contribution in [-0.4, -0.2) is 47.9 Å². The summed E-state index contributed by atoms with van der Waals surface area (Å²) in [7, 11) is 2.19. The minimum Gasteiger partial charge on any atom is -0.398 e. The van der Waals surface area contributed by atoms with Crippen LogP contribution in [0.4, 0.5) is 5.69 Å². The van der Waals surface area contributed by atoms with E-state index < -0.39 is 0 Å². The molecule has 0 aliphatic carbocycles. The first-order valence-corrected chi connectivity index (χ1v) is 7.92. The fourth-order valence-electron chi connectivity index (χ4n) is 3.34. The Hall–Kier alpha value is -1.07. The molecule has 2 heterocycles. The molecule has 2 N–H and O–H groups in total. The van der Waals surface area contributed by atoms with E-state index in [4.69, 9.17) is 5.73 Å². The molecule has 5 heteroatoms. The molecule has 2 aliphatic heterocycles. The number of nitrogen functional groups attached to an aromatic ring is 1. The minimum atomic E-state index is 0.117. The highest BCUT2D eigenvalue weighted by Gasteiger charge is 2.36. The monoisotopic (exact) mass is 337 g/mol. The van der Waals surface area contributed by atoms with Crippen molar-refractivity contribution in [1.29, 1.82) is 0 Å². The number of carbonyl (C=O) groups is 1. The third kappa shape index (κ3) is 2.44. The lowest BCUT2D eigenvalue weighted by Gasteiger charge is -2.26. The number of likely N-dealkylation sites (N-methyl/N-ethyl adjacent to an activating group) is 1. The molecule has 1 amide bonds. The molecule has 1 aromatic carbocycles. The quantitative estimate of drug-likeness (QED) is 0.800. The Kier molecular flexibility index (Phi) is 3.73. The van der Waals surface area contributed by atoms with E-state index in [0.29, 0.717) is 23.3 Å². The van der Waals surface area contributed by atoms with Gasteiger partial charge in [0.05, 0.1) is 0 Å². The summed E-state index contributed by atoms with van der Waals surface area (Å²) < 4.78 is 0.789. The normalized spacial score (nSPS) is 26.6. The molecule has 2 unspecified atom stereocenters. The van der Waals surface area contributed by atoms with Crippen molar-refractivity contribution in [2.45, 2.75) is 31.3 Å². The van der Waals surface area contributed by atoms with Crippen LogP contribution in [0.25, 0.3) is 0 Å². The second-order valence-electron chi connectivity index (χ2n) is 5.83. The van der Waals surface area contributed by atoms with Gasteiger partial charge in [0.2, 0.25) is 0 Å². The molecule has 1 aromatic rings. The Morgan fingerprint density at radius 2 is 2.05 bits per heavy atom. The smallest absolute Gasteiger partial charge is 0.253 e. The molecule has 3 rings (SSSR count). The van der Waals surface area contributed by atoms with Gasteiger partial charge < -0.3 is 10.6 Å². The van der Waals surface area contributed by atoms with Crippen LogP contribution in [0.5, 0.6) is 0 Å². The molecular formula is C15H20BrN3O. The lowest BCUT2D eigenvalue weighted by molar-refractivity contribution is 0.0740. The zero-order valence-corrected chi connectivity index (χ0v) is 13.3. The topological polar surface area (TPSA) is 49.6 Å². The van der Waals surface area contributed by atoms with Gasteiger partial charge in [0.15, 0.2) is 0 Å². The minimum absolute atomic E-state index is 0.117. The average Bonchev–Trinajstić information content (AvgIpc) is 2.66. The number of amides is 1. The van der Waals surface area contributed by atoms with Gasteiger partial charge in [0, 0.05) is 40.9 Å². The first-order chi connectivity index (χ1) is 9.56. The maximum absolute atomic E-state index is 12.6. The molecule has 20 heavy (non-hydrogen) atoms. The third-order valence-corrected chi connectivity index (χ3v) is 5.37. The van der Waals surface area contributed by atoms with Gasteiger partial charge in [-0.05, 0) is 60.4 Å². The Labute approximate surface area is 128 Å². The fourth-order valence-corrected chi connectivity index (χ4v) is 3.71. The molecule has 0 radical (unpaired) electrons. The Morgan fingerprint density at radius 1 is 1.30 bits per heavy atom. The number of rotatable bonds is 1. The van der Waals surface area contributed by atoms with E-state index in [-0.39, 0.29) is 5.91 Å². The number of hydrogen-bond donors (Lipinski definition) is 1. The highest BCUT2D eigenvalue weighted by molar-refractivity contribution is 9.10. The van der Waals surface area contributed by atoms with Gasteiger partial charge in [0.25, 0.3) is 5.91 Å². The number of nitrogens with zero attached hydrogens (tertiary/aromatic N) is 2. The number of benzene rings is 1. The Bertz CT molecular complexity index is 534. The Balaban J connectivity index is 1.78. The molecule has 108 valence electrons. The molecule has 2 atom stereocenters. The molecule has 0 saturated carbocycles. The molecule has 4 nitrogen and oxygen atoms in total. The predicted molar refractivity (Wildman–Crippen MR) is 83.6 cm³/mol. The van der Waals surface area contributed by atoms with E-state index in [2.05, 4.69) is 27.9 Å². The number of carbonyl (C=O) groups excluding carboxylic acids is 1. The summed E-state index contributed by atoms with van der Waals surface area (Å²) >= 11 is 3.39. The maximum Gasteiger partial charge on any atom is 0.253 e. The van der Waals surface area contributed by atoms with E-state index in [1.807, 2.05) is 17.0 Å². The second kappa shape index (κ2) is 5.37. The number of hydrogen-bond acceptors (Lipinski definition) is 3. The van der Waals surface area contributed by atoms with E-state index in [9.17, 15) is 4.79 Å². The molecule has 2 fully saturated rings. The Morgan fingerprint density at radius 3 is 2.80 bits per heavy atom. The molecule has 0 spiro atoms. The SMILES string of the molecule is CN1C2CCC1CN(C(=O)c1ccc(N)c(Br)c1)CC2. The van der Waals surface area contributed by atoms with Crippen molar-refractivity contribution in [1.82, 2.24) is 9.80 Å². The van der Waals surface area contributed by atoms with Crippen molar-refractivity contribution in [3.8, 4) is 0 Å². The summed E-state index contributed by atoms with van der Waals surface area (Å²) in [4.78, 5) is 17.1. The number of anilines is 1. The summed E-state index contributed by atoms with van der Waals surface area (Å²) in [5, 5.41) is 0. The van der Waals surface area contributed by atoms with Crippen LogP contribution < -0.4 is 5.73 Å². The summed E-state index contributed by atoms with van der Waals surface area (Å²) in [6, 6.07) is 6.59. The van der Waals surface area contributed by atoms with Gasteiger partial charge in [-0.25, -0.2) is 0 Å². The van der Waals surface area contributed by atoms with Gasteiger partial charge in [0.1, 0.15) is 0 Å². The van der Waals surface area contributed by atoms with Gasteiger partial charge >= 0.3 is 0 Å². The zero-order valence-electron chi connectivity index (χ0n) is 11.7. The van der Waals surface area contributed by atoms with Crippen LogP contribution in [-0.2, 0) is 0 Å². The number of likely N-dealkylation sites (tertiary alicyclic amines) is 1. The standard InChI is InChI=1S/C15H20BrN3O/c1-18-11-3-4-12(18)9-19(7-6-11)15(20)10-2-5-14(17)13(16)8-10/h2,5,8,11-12H,3-4,6-7,9,17H2,1H3. The predicted octanol–water partition coefficient (Wildman–Crippen LogP) is 2.34. The first kappa shape index (κ1) is 13.9. The first-order valence-electron chi connectivity index (χ1n) is 7.12. The maximum atomic E-state index is 12.6. The highest BCUT2D eigenvalue weighted by Crippen LogP contribution is 2.29. The van der Waals surface area contributed by atoms with Gasteiger partial charge in [-0.1, -0.05) is 0 Å². The van der Waals surface area contributed by atoms with E-state index in [1.165, 1.54) is 12.8 Å². The fraction of sp³-hybridized carbons (Fsp3) is 0.533. The summed E-state index contributed by atoms with van der Waals surface area (Å²) in [6.45, 7) is 1.69. The van der Waals surface area contributed by atoms with Gasteiger partial charge in [-0.2, -0.15) is 0 Å². The van der Waals surface area contributed by atoms with E-state index in [1.54, 1.807) is 6.07 Å². The van der Waals surface area contributed by atoms with Crippen molar-refractivity contribution in [2.24, 2.45) is 0 Å². The van der Waals surface area contributed by atoms with Crippen LogP contribution in [0.3, 0.4) is 0 Å². The van der Waals surface area contributed by atoms with E-state index >= 15 is 0 Å². The highest BCUT2D eigenvalue weighted by atomic mass is 79.9. The van der Waals surface area contributed by atoms with Crippen LogP contribution in [0.1, 0.15) is 29.6 Å². The third-order valence-electron chi connectivity index (χ3n) is 4.68. The number of halogens is 1. The van der Waals surface area contributed by atoms with Crippen LogP contribution in [0, 0.1) is 0 Å². The number of fused-ring (bicyclic) bond motifs is 2. The average molecular weight is 338 g/mol. The summed E-state index contributed by atoms with van der Waals surface area (Å²) in [5.74, 6) is 0.117. The summed E-state index contributed by atoms with van der Waals surface area (Å²) in [6.07, 6.45) is 3.56. The zero-order chi connectivity index (χ0) is 14.3. The van der Waals surface area contributed by atoms with Crippen molar-refractivity contribution in [3.05, 3.63) is 28.2 Å². The van der Waals surface area contributed by atoms with Crippen molar-refractivity contribution >= 4 is 27.5 Å². The molecule has 2 bridgehead atoms. The molecule has 2 aliphatic rings. The van der Waals surface area contributed by atoms with Crippen LogP contribution >= 0.6 is 15.9 Å². The van der Waals surface area contributed by atoms with E-state index in [0.717, 1.165) is 24.0 Å².